The van der Waals surface area contributed by atoms with Crippen LogP contribution in [-0.4, -0.2) is 25.6 Å². The molecule has 0 unspecified atom stereocenters. The lowest BCUT2D eigenvalue weighted by Gasteiger charge is -2.34. The molecule has 0 saturated carbocycles. The molecule has 0 spiro atoms. The minimum atomic E-state index is 0.386. The van der Waals surface area contributed by atoms with Gasteiger partial charge >= 0.3 is 0 Å². The third-order valence-corrected chi connectivity index (χ3v) is 3.01. The van der Waals surface area contributed by atoms with Crippen molar-refractivity contribution in [2.75, 3.05) is 21.1 Å². The normalized spacial score (nSPS) is 11.8. The Morgan fingerprint density at radius 2 is 1.00 bits per heavy atom. The zero-order chi connectivity index (χ0) is 12.3. The molecule has 0 aliphatic rings. The van der Waals surface area contributed by atoms with Crippen molar-refractivity contribution in [1.29, 1.82) is 0 Å². The Labute approximate surface area is 104 Å². The van der Waals surface area contributed by atoms with Gasteiger partial charge in [-0.1, -0.05) is 60.7 Å². The molecular weight excluding hydrogens is 206 g/mol. The van der Waals surface area contributed by atoms with E-state index in [0.717, 1.165) is 4.48 Å². The van der Waals surface area contributed by atoms with Crippen molar-refractivity contribution in [2.45, 2.75) is 6.04 Å². The van der Waals surface area contributed by atoms with Gasteiger partial charge in [-0.25, -0.2) is 0 Å². The van der Waals surface area contributed by atoms with E-state index in [-0.39, 0.29) is 0 Å². The first-order valence-electron chi connectivity index (χ1n) is 6.00. The van der Waals surface area contributed by atoms with E-state index >= 15 is 0 Å². The molecule has 1 heteroatoms. The summed E-state index contributed by atoms with van der Waals surface area (Å²) in [4.78, 5) is 0. The molecule has 88 valence electrons. The number of quaternary nitrogens is 1. The summed E-state index contributed by atoms with van der Waals surface area (Å²) in [5.41, 5.74) is 2.73. The van der Waals surface area contributed by atoms with Crippen LogP contribution in [0.5, 0.6) is 0 Å². The summed E-state index contributed by atoms with van der Waals surface area (Å²) >= 11 is 0. The Bertz CT molecular complexity index is 414. The van der Waals surface area contributed by atoms with E-state index in [1.807, 2.05) is 0 Å². The molecule has 0 amide bonds. The van der Waals surface area contributed by atoms with Gasteiger partial charge in [0.1, 0.15) is 6.04 Å². The lowest BCUT2D eigenvalue weighted by molar-refractivity contribution is -0.896. The maximum Gasteiger partial charge on any atom is 0.140 e. The van der Waals surface area contributed by atoms with Gasteiger partial charge in [-0.15, -0.1) is 0 Å². The van der Waals surface area contributed by atoms with Crippen LogP contribution in [0.4, 0.5) is 0 Å². The lowest BCUT2D eigenvalue weighted by atomic mass is 9.96. The summed E-state index contributed by atoms with van der Waals surface area (Å²) in [5, 5.41) is 0. The smallest absolute Gasteiger partial charge is 0.140 e. The van der Waals surface area contributed by atoms with E-state index in [1.54, 1.807) is 0 Å². The highest BCUT2D eigenvalue weighted by molar-refractivity contribution is 5.29. The fraction of sp³-hybridized carbons (Fsp3) is 0.250. The van der Waals surface area contributed by atoms with Crippen molar-refractivity contribution >= 4 is 0 Å². The third kappa shape index (κ3) is 2.75. The second-order valence-electron chi connectivity index (χ2n) is 5.34. The van der Waals surface area contributed by atoms with E-state index in [2.05, 4.69) is 81.8 Å². The molecule has 0 aliphatic heterocycles. The van der Waals surface area contributed by atoms with Gasteiger partial charge in [-0.3, -0.25) is 0 Å². The first-order valence-corrected chi connectivity index (χ1v) is 6.00. The predicted octanol–water partition coefficient (Wildman–Crippen LogP) is 3.48. The van der Waals surface area contributed by atoms with Gasteiger partial charge < -0.3 is 4.48 Å². The Balaban J connectivity index is 2.48. The Kier molecular flexibility index (Phi) is 3.30. The van der Waals surface area contributed by atoms with Crippen LogP contribution in [0.3, 0.4) is 0 Å². The summed E-state index contributed by atoms with van der Waals surface area (Å²) < 4.78 is 0.897. The molecule has 0 bridgehead atoms. The van der Waals surface area contributed by atoms with Crippen LogP contribution in [0.1, 0.15) is 17.2 Å². The molecular formula is C16H20N+. The van der Waals surface area contributed by atoms with Crippen molar-refractivity contribution in [2.24, 2.45) is 0 Å². The molecule has 0 saturated heterocycles. The van der Waals surface area contributed by atoms with Crippen LogP contribution in [-0.2, 0) is 0 Å². The number of benzene rings is 2. The quantitative estimate of drug-likeness (QED) is 0.703. The Morgan fingerprint density at radius 1 is 0.647 bits per heavy atom. The first kappa shape index (κ1) is 11.9. The molecule has 0 fully saturated rings. The second kappa shape index (κ2) is 4.72. The SMILES string of the molecule is C[N+](C)(C)C(c1ccccc1)c1ccccc1. The molecule has 0 heterocycles. The lowest BCUT2D eigenvalue weighted by Crippen LogP contribution is -2.39. The van der Waals surface area contributed by atoms with Crippen LogP contribution in [0.25, 0.3) is 0 Å². The van der Waals surface area contributed by atoms with Gasteiger partial charge in [0.15, 0.2) is 0 Å². The molecule has 2 aromatic carbocycles. The zero-order valence-corrected chi connectivity index (χ0v) is 10.8. The fourth-order valence-electron chi connectivity index (χ4n) is 2.36. The average molecular weight is 226 g/mol. The molecule has 2 aromatic rings. The first-order chi connectivity index (χ1) is 8.09. The highest BCUT2D eigenvalue weighted by atomic mass is 15.3. The minimum absolute atomic E-state index is 0.386. The molecule has 0 atom stereocenters. The highest BCUT2D eigenvalue weighted by Gasteiger charge is 2.26. The maximum atomic E-state index is 2.24. The van der Waals surface area contributed by atoms with Crippen LogP contribution in [0.15, 0.2) is 60.7 Å². The van der Waals surface area contributed by atoms with Gasteiger partial charge in [0.25, 0.3) is 0 Å². The summed E-state index contributed by atoms with van der Waals surface area (Å²) in [7, 11) is 6.72. The van der Waals surface area contributed by atoms with E-state index < -0.39 is 0 Å². The third-order valence-electron chi connectivity index (χ3n) is 3.01. The molecule has 17 heavy (non-hydrogen) atoms. The number of hydrogen-bond acceptors (Lipinski definition) is 0. The topological polar surface area (TPSA) is 0 Å². The van der Waals surface area contributed by atoms with Crippen LogP contribution < -0.4 is 0 Å². The van der Waals surface area contributed by atoms with Gasteiger partial charge in [0.2, 0.25) is 0 Å². The van der Waals surface area contributed by atoms with Crippen LogP contribution >= 0.6 is 0 Å². The minimum Gasteiger partial charge on any atom is -0.321 e. The van der Waals surface area contributed by atoms with Crippen LogP contribution in [0, 0.1) is 0 Å². The van der Waals surface area contributed by atoms with Gasteiger partial charge in [0, 0.05) is 11.1 Å². The number of hydrogen-bond donors (Lipinski definition) is 0. The van der Waals surface area contributed by atoms with Crippen molar-refractivity contribution in [3.63, 3.8) is 0 Å². The largest absolute Gasteiger partial charge is 0.321 e. The summed E-state index contributed by atoms with van der Waals surface area (Å²) in [6.07, 6.45) is 0. The second-order valence-corrected chi connectivity index (χ2v) is 5.34. The molecule has 0 aliphatic carbocycles. The molecule has 1 nitrogen and oxygen atoms in total. The Hall–Kier alpha value is -1.60. The fourth-order valence-corrected chi connectivity index (χ4v) is 2.36. The van der Waals surface area contributed by atoms with E-state index in [0.29, 0.717) is 6.04 Å². The van der Waals surface area contributed by atoms with E-state index in [9.17, 15) is 0 Å². The molecule has 2 rings (SSSR count). The van der Waals surface area contributed by atoms with E-state index in [1.165, 1.54) is 11.1 Å². The molecule has 0 N–H and O–H groups in total. The van der Waals surface area contributed by atoms with Crippen molar-refractivity contribution < 1.29 is 4.48 Å². The van der Waals surface area contributed by atoms with Crippen molar-refractivity contribution in [3.05, 3.63) is 71.8 Å². The van der Waals surface area contributed by atoms with Gasteiger partial charge in [-0.05, 0) is 0 Å². The van der Waals surface area contributed by atoms with Crippen molar-refractivity contribution in [3.8, 4) is 0 Å². The Morgan fingerprint density at radius 3 is 1.29 bits per heavy atom. The van der Waals surface area contributed by atoms with Gasteiger partial charge in [0.05, 0.1) is 21.1 Å². The maximum absolute atomic E-state index is 2.24. The molecule has 0 radical (unpaired) electrons. The summed E-state index contributed by atoms with van der Waals surface area (Å²) in [5.74, 6) is 0. The van der Waals surface area contributed by atoms with Crippen molar-refractivity contribution in [1.82, 2.24) is 0 Å². The predicted molar refractivity (Wildman–Crippen MR) is 72.8 cm³/mol. The standard InChI is InChI=1S/C16H20N/c1-17(2,3)16(14-10-6-4-7-11-14)15-12-8-5-9-13-15/h4-13,16H,1-3H3/q+1. The number of nitrogens with zero attached hydrogens (tertiary/aromatic N) is 1. The van der Waals surface area contributed by atoms with Gasteiger partial charge in [-0.2, -0.15) is 0 Å². The monoisotopic (exact) mass is 226 g/mol. The van der Waals surface area contributed by atoms with E-state index in [4.69, 9.17) is 0 Å². The summed E-state index contributed by atoms with van der Waals surface area (Å²) in [6, 6.07) is 21.8. The zero-order valence-electron chi connectivity index (χ0n) is 10.8. The number of rotatable bonds is 3. The van der Waals surface area contributed by atoms with Crippen LogP contribution in [0.2, 0.25) is 0 Å². The highest BCUT2D eigenvalue weighted by Crippen LogP contribution is 2.30. The average Bonchev–Trinajstić information content (AvgIpc) is 2.30. The molecule has 0 aromatic heterocycles. The summed E-state index contributed by atoms with van der Waals surface area (Å²) in [6.45, 7) is 0.